The van der Waals surface area contributed by atoms with E-state index in [0.29, 0.717) is 5.92 Å². The number of halogens is 1. The van der Waals surface area contributed by atoms with E-state index in [-0.39, 0.29) is 0 Å². The van der Waals surface area contributed by atoms with Gasteiger partial charge in [-0.3, -0.25) is 5.10 Å². The zero-order valence-corrected chi connectivity index (χ0v) is 13.7. The number of benzene rings is 1. The van der Waals surface area contributed by atoms with Crippen molar-refractivity contribution in [2.24, 2.45) is 11.7 Å². The molecule has 112 valence electrons. The highest BCUT2D eigenvalue weighted by Gasteiger charge is 2.21. The summed E-state index contributed by atoms with van der Waals surface area (Å²) in [5, 5.41) is 7.43. The van der Waals surface area contributed by atoms with E-state index in [4.69, 9.17) is 5.73 Å². The average molecular weight is 350 g/mol. The largest absolute Gasteiger partial charge is 0.340 e. The third-order valence-corrected chi connectivity index (χ3v) is 4.77. The van der Waals surface area contributed by atoms with Crippen LogP contribution in [0.2, 0.25) is 0 Å². The smallest absolute Gasteiger partial charge is 0.245 e. The number of H-pyrrole nitrogens is 1. The van der Waals surface area contributed by atoms with Crippen molar-refractivity contribution in [3.63, 3.8) is 0 Å². The van der Waals surface area contributed by atoms with E-state index in [1.165, 1.54) is 5.56 Å². The summed E-state index contributed by atoms with van der Waals surface area (Å²) in [6, 6.07) is 6.22. The molecule has 21 heavy (non-hydrogen) atoms. The number of aryl methyl sites for hydroxylation is 1. The molecule has 1 aliphatic rings. The second-order valence-corrected chi connectivity index (χ2v) is 6.49. The molecule has 3 rings (SSSR count). The Kier molecular flexibility index (Phi) is 4.26. The zero-order chi connectivity index (χ0) is 14.8. The van der Waals surface area contributed by atoms with Crippen LogP contribution >= 0.6 is 15.9 Å². The van der Waals surface area contributed by atoms with Crippen LogP contribution in [0.15, 0.2) is 22.7 Å². The molecule has 5 nitrogen and oxygen atoms in total. The molecule has 0 amide bonds. The number of hydrogen-bond donors (Lipinski definition) is 2. The van der Waals surface area contributed by atoms with Gasteiger partial charge in [0.05, 0.1) is 0 Å². The van der Waals surface area contributed by atoms with Crippen LogP contribution in [0.3, 0.4) is 0 Å². The van der Waals surface area contributed by atoms with Gasteiger partial charge in [0.25, 0.3) is 0 Å². The van der Waals surface area contributed by atoms with Crippen LogP contribution in [0.4, 0.5) is 5.95 Å². The maximum absolute atomic E-state index is 5.74. The van der Waals surface area contributed by atoms with Gasteiger partial charge in [0.2, 0.25) is 5.95 Å². The first kappa shape index (κ1) is 14.5. The number of nitrogens with zero attached hydrogens (tertiary/aromatic N) is 3. The highest BCUT2D eigenvalue weighted by Crippen LogP contribution is 2.28. The Hall–Kier alpha value is -1.40. The number of anilines is 1. The Bertz CT molecular complexity index is 616. The molecule has 0 atom stereocenters. The van der Waals surface area contributed by atoms with Gasteiger partial charge in [-0.2, -0.15) is 4.98 Å². The number of hydrogen-bond acceptors (Lipinski definition) is 4. The van der Waals surface area contributed by atoms with Crippen molar-refractivity contribution in [3.05, 3.63) is 28.2 Å². The predicted molar refractivity (Wildman–Crippen MR) is 88.2 cm³/mol. The second kappa shape index (κ2) is 6.15. The predicted octanol–water partition coefficient (Wildman–Crippen LogP) is 2.72. The quantitative estimate of drug-likeness (QED) is 0.893. The highest BCUT2D eigenvalue weighted by atomic mass is 79.9. The normalized spacial score (nSPS) is 16.4. The highest BCUT2D eigenvalue weighted by molar-refractivity contribution is 9.10. The lowest BCUT2D eigenvalue weighted by Crippen LogP contribution is -2.36. The molecular weight excluding hydrogens is 330 g/mol. The molecule has 1 fully saturated rings. The fourth-order valence-electron chi connectivity index (χ4n) is 2.70. The van der Waals surface area contributed by atoms with E-state index in [1.54, 1.807) is 0 Å². The van der Waals surface area contributed by atoms with Crippen LogP contribution in [0.1, 0.15) is 18.4 Å². The van der Waals surface area contributed by atoms with Crippen molar-refractivity contribution >= 4 is 21.9 Å². The molecule has 1 saturated heterocycles. The molecular formula is C15H20BrN5. The summed E-state index contributed by atoms with van der Waals surface area (Å²) in [4.78, 5) is 6.89. The SMILES string of the molecule is Cc1ccc(Br)c(-c2nc(N3CCC(CN)CC3)n[nH]2)c1. The molecule has 0 unspecified atom stereocenters. The first-order valence-electron chi connectivity index (χ1n) is 7.31. The van der Waals surface area contributed by atoms with Crippen molar-refractivity contribution in [1.82, 2.24) is 15.2 Å². The first-order valence-corrected chi connectivity index (χ1v) is 8.10. The molecule has 0 bridgehead atoms. The molecule has 1 aliphatic heterocycles. The van der Waals surface area contributed by atoms with Gasteiger partial charge in [0.15, 0.2) is 5.82 Å². The fourth-order valence-corrected chi connectivity index (χ4v) is 3.14. The Balaban J connectivity index is 1.79. The number of aromatic amines is 1. The van der Waals surface area contributed by atoms with Crippen LogP contribution in [0.25, 0.3) is 11.4 Å². The molecule has 0 aliphatic carbocycles. The van der Waals surface area contributed by atoms with E-state index in [2.05, 4.69) is 55.1 Å². The lowest BCUT2D eigenvalue weighted by Gasteiger charge is -2.30. The summed E-state index contributed by atoms with van der Waals surface area (Å²) < 4.78 is 1.03. The van der Waals surface area contributed by atoms with Crippen LogP contribution < -0.4 is 10.6 Å². The summed E-state index contributed by atoms with van der Waals surface area (Å²) in [7, 11) is 0. The van der Waals surface area contributed by atoms with E-state index < -0.39 is 0 Å². The minimum atomic E-state index is 0.644. The molecule has 3 N–H and O–H groups in total. The second-order valence-electron chi connectivity index (χ2n) is 5.63. The van der Waals surface area contributed by atoms with Crippen LogP contribution in [0.5, 0.6) is 0 Å². The summed E-state index contributed by atoms with van der Waals surface area (Å²) >= 11 is 3.57. The summed E-state index contributed by atoms with van der Waals surface area (Å²) in [5.41, 5.74) is 7.99. The maximum atomic E-state index is 5.74. The minimum Gasteiger partial charge on any atom is -0.340 e. The van der Waals surface area contributed by atoms with E-state index >= 15 is 0 Å². The number of nitrogens with two attached hydrogens (primary N) is 1. The lowest BCUT2D eigenvalue weighted by atomic mass is 9.97. The van der Waals surface area contributed by atoms with Crippen LogP contribution in [-0.4, -0.2) is 34.8 Å². The Labute approximate surface area is 133 Å². The number of nitrogens with one attached hydrogen (secondary N) is 1. The zero-order valence-electron chi connectivity index (χ0n) is 12.1. The summed E-state index contributed by atoms with van der Waals surface area (Å²) in [5.74, 6) is 2.24. The Morgan fingerprint density at radius 2 is 2.14 bits per heavy atom. The molecule has 0 radical (unpaired) electrons. The van der Waals surface area contributed by atoms with Gasteiger partial charge in [-0.1, -0.05) is 27.6 Å². The third kappa shape index (κ3) is 3.11. The maximum Gasteiger partial charge on any atom is 0.245 e. The van der Waals surface area contributed by atoms with Gasteiger partial charge in [-0.25, -0.2) is 0 Å². The molecule has 2 heterocycles. The Morgan fingerprint density at radius 3 is 2.86 bits per heavy atom. The molecule has 0 spiro atoms. The molecule has 0 saturated carbocycles. The van der Waals surface area contributed by atoms with Crippen molar-refractivity contribution < 1.29 is 0 Å². The van der Waals surface area contributed by atoms with Gasteiger partial charge in [-0.05, 0) is 44.4 Å². The van der Waals surface area contributed by atoms with E-state index in [0.717, 1.165) is 54.3 Å². The van der Waals surface area contributed by atoms with Crippen LogP contribution in [-0.2, 0) is 0 Å². The van der Waals surface area contributed by atoms with Gasteiger partial charge in [-0.15, -0.1) is 5.10 Å². The molecule has 1 aromatic carbocycles. The van der Waals surface area contributed by atoms with Crippen molar-refractivity contribution in [1.29, 1.82) is 0 Å². The van der Waals surface area contributed by atoms with Crippen molar-refractivity contribution in [3.8, 4) is 11.4 Å². The van der Waals surface area contributed by atoms with Gasteiger partial charge in [0.1, 0.15) is 0 Å². The number of aromatic nitrogens is 3. The lowest BCUT2D eigenvalue weighted by molar-refractivity contribution is 0.411. The summed E-state index contributed by atoms with van der Waals surface area (Å²) in [6.45, 7) is 4.82. The van der Waals surface area contributed by atoms with E-state index in [9.17, 15) is 0 Å². The topological polar surface area (TPSA) is 70.8 Å². The number of piperidine rings is 1. The minimum absolute atomic E-state index is 0.644. The number of rotatable bonds is 3. The molecule has 6 heteroatoms. The monoisotopic (exact) mass is 349 g/mol. The van der Waals surface area contributed by atoms with Crippen molar-refractivity contribution in [2.45, 2.75) is 19.8 Å². The fraction of sp³-hybridized carbons (Fsp3) is 0.467. The first-order chi connectivity index (χ1) is 10.2. The van der Waals surface area contributed by atoms with Crippen LogP contribution in [0, 0.1) is 12.8 Å². The van der Waals surface area contributed by atoms with Gasteiger partial charge in [0, 0.05) is 23.1 Å². The Morgan fingerprint density at radius 1 is 1.38 bits per heavy atom. The third-order valence-electron chi connectivity index (χ3n) is 4.08. The molecule has 1 aromatic heterocycles. The van der Waals surface area contributed by atoms with E-state index in [1.807, 2.05) is 6.07 Å². The average Bonchev–Trinajstić information content (AvgIpc) is 2.99. The van der Waals surface area contributed by atoms with Crippen molar-refractivity contribution in [2.75, 3.05) is 24.5 Å². The standard InChI is InChI=1S/C15H20BrN5/c1-10-2-3-13(16)12(8-10)14-18-15(20-19-14)21-6-4-11(9-17)5-7-21/h2-3,8,11H,4-7,9,17H2,1H3,(H,18,19,20). The summed E-state index contributed by atoms with van der Waals surface area (Å²) in [6.07, 6.45) is 2.24. The molecule has 2 aromatic rings. The van der Waals surface area contributed by atoms with Gasteiger partial charge < -0.3 is 10.6 Å². The van der Waals surface area contributed by atoms with Gasteiger partial charge >= 0.3 is 0 Å².